The number of esters is 1. The van der Waals surface area contributed by atoms with Crippen molar-refractivity contribution in [3.8, 4) is 0 Å². The maximum Gasteiger partial charge on any atom is 0.423 e. The third kappa shape index (κ3) is 5.92. The van der Waals surface area contributed by atoms with Crippen LogP contribution >= 0.6 is 0 Å². The van der Waals surface area contributed by atoms with Gasteiger partial charge in [-0.05, 0) is 12.1 Å². The lowest BCUT2D eigenvalue weighted by Crippen LogP contribution is -2.44. The molecule has 124 valence electrons. The van der Waals surface area contributed by atoms with Gasteiger partial charge in [-0.15, -0.1) is 0 Å². The van der Waals surface area contributed by atoms with Gasteiger partial charge >= 0.3 is 18.3 Å². The molecule has 3 nitrogen and oxygen atoms in total. The van der Waals surface area contributed by atoms with Crippen LogP contribution in [0.2, 0.25) is 0 Å². The summed E-state index contributed by atoms with van der Waals surface area (Å²) >= 11 is 0. The average molecular weight is 330 g/mol. The van der Waals surface area contributed by atoms with Crippen LogP contribution in [0, 0.1) is 0 Å². The number of carbonyl (C=O) groups is 1. The third-order valence-corrected chi connectivity index (χ3v) is 2.41. The highest BCUT2D eigenvalue weighted by Crippen LogP contribution is 2.35. The van der Waals surface area contributed by atoms with E-state index in [-0.39, 0.29) is 18.6 Å². The summed E-state index contributed by atoms with van der Waals surface area (Å²) in [7, 11) is 0. The Labute approximate surface area is 121 Å². The minimum Gasteiger partial charge on any atom is -0.462 e. The lowest BCUT2D eigenvalue weighted by Gasteiger charge is -2.22. The van der Waals surface area contributed by atoms with Crippen molar-refractivity contribution in [1.82, 2.24) is 0 Å². The molecular weight excluding hydrogens is 318 g/mol. The van der Waals surface area contributed by atoms with E-state index in [2.05, 4.69) is 4.74 Å². The fourth-order valence-corrected chi connectivity index (χ4v) is 1.46. The van der Waals surface area contributed by atoms with Crippen LogP contribution < -0.4 is 0 Å². The largest absolute Gasteiger partial charge is 0.462 e. The summed E-state index contributed by atoms with van der Waals surface area (Å²) in [5.74, 6) is -0.719. The number of benzene rings is 1. The van der Waals surface area contributed by atoms with E-state index in [4.69, 9.17) is 4.74 Å². The molecule has 0 fully saturated rings. The fraction of sp³-hybridized carbons (Fsp3) is 0.462. The molecule has 0 saturated carbocycles. The first-order chi connectivity index (χ1) is 10.1. The first-order valence-corrected chi connectivity index (χ1v) is 6.09. The van der Waals surface area contributed by atoms with E-state index >= 15 is 0 Å². The summed E-state index contributed by atoms with van der Waals surface area (Å²) in [6.45, 7) is -1.19. The van der Waals surface area contributed by atoms with E-state index in [0.717, 1.165) is 0 Å². The van der Waals surface area contributed by atoms with Gasteiger partial charge in [0.05, 0.1) is 18.8 Å². The molecule has 22 heavy (non-hydrogen) atoms. The lowest BCUT2D eigenvalue weighted by atomic mass is 10.2. The standard InChI is InChI=1S/C13H12F6O3/c14-12(15,16)11(13(17,18)19)22-8-4-7-21-10(20)9-5-2-1-3-6-9/h1-3,5-6,11H,4,7-8H2. The molecule has 0 bridgehead atoms. The molecule has 0 radical (unpaired) electrons. The summed E-state index contributed by atoms with van der Waals surface area (Å²) in [5, 5.41) is 0. The highest BCUT2D eigenvalue weighted by atomic mass is 19.4. The van der Waals surface area contributed by atoms with Gasteiger partial charge in [0.1, 0.15) is 0 Å². The number of alkyl halides is 6. The summed E-state index contributed by atoms with van der Waals surface area (Å²) in [6, 6.07) is 7.75. The van der Waals surface area contributed by atoms with Crippen LogP contribution in [0.25, 0.3) is 0 Å². The second-order valence-electron chi connectivity index (χ2n) is 4.19. The van der Waals surface area contributed by atoms with Gasteiger partial charge < -0.3 is 9.47 Å². The van der Waals surface area contributed by atoms with Gasteiger partial charge in [-0.2, -0.15) is 26.3 Å². The van der Waals surface area contributed by atoms with Gasteiger partial charge in [-0.3, -0.25) is 0 Å². The van der Waals surface area contributed by atoms with Crippen LogP contribution in [0.1, 0.15) is 16.8 Å². The van der Waals surface area contributed by atoms with Gasteiger partial charge in [-0.25, -0.2) is 4.79 Å². The SMILES string of the molecule is O=C(OCCCOC(C(F)(F)F)C(F)(F)F)c1ccccc1. The molecule has 0 saturated heterocycles. The zero-order valence-electron chi connectivity index (χ0n) is 11.1. The number of ether oxygens (including phenoxy) is 2. The second-order valence-corrected chi connectivity index (χ2v) is 4.19. The fourth-order valence-electron chi connectivity index (χ4n) is 1.46. The molecule has 0 N–H and O–H groups in total. The maximum absolute atomic E-state index is 12.1. The minimum atomic E-state index is -5.54. The predicted molar refractivity (Wildman–Crippen MR) is 63.2 cm³/mol. The van der Waals surface area contributed by atoms with Crippen molar-refractivity contribution in [2.75, 3.05) is 13.2 Å². The van der Waals surface area contributed by atoms with Crippen LogP contribution in [0.15, 0.2) is 30.3 Å². The highest BCUT2D eigenvalue weighted by Gasteiger charge is 2.57. The first-order valence-electron chi connectivity index (χ1n) is 6.09. The second kappa shape index (κ2) is 7.48. The summed E-state index contributed by atoms with van der Waals surface area (Å²) in [4.78, 5) is 11.4. The van der Waals surface area contributed by atoms with Crippen LogP contribution in [-0.2, 0) is 9.47 Å². The van der Waals surface area contributed by atoms with Gasteiger partial charge in [0.2, 0.25) is 6.10 Å². The Balaban J connectivity index is 2.34. The molecule has 0 atom stereocenters. The van der Waals surface area contributed by atoms with Crippen LogP contribution in [0.3, 0.4) is 0 Å². The Morgan fingerprint density at radius 2 is 1.50 bits per heavy atom. The highest BCUT2D eigenvalue weighted by molar-refractivity contribution is 5.89. The Hall–Kier alpha value is -1.77. The van der Waals surface area contributed by atoms with Crippen molar-refractivity contribution in [2.24, 2.45) is 0 Å². The quantitative estimate of drug-likeness (QED) is 0.453. The van der Waals surface area contributed by atoms with Gasteiger partial charge in [-0.1, -0.05) is 18.2 Å². The lowest BCUT2D eigenvalue weighted by molar-refractivity contribution is -0.322. The van der Waals surface area contributed by atoms with Crippen molar-refractivity contribution in [2.45, 2.75) is 24.9 Å². The normalized spacial score (nSPS) is 12.5. The van der Waals surface area contributed by atoms with E-state index in [1.54, 1.807) is 18.2 Å². The minimum absolute atomic E-state index is 0.229. The van der Waals surface area contributed by atoms with Crippen molar-refractivity contribution in [3.63, 3.8) is 0 Å². The summed E-state index contributed by atoms with van der Waals surface area (Å²) < 4.78 is 81.4. The van der Waals surface area contributed by atoms with E-state index < -0.39 is 31.0 Å². The van der Waals surface area contributed by atoms with Crippen LogP contribution in [0.4, 0.5) is 26.3 Å². The monoisotopic (exact) mass is 330 g/mol. The zero-order valence-corrected chi connectivity index (χ0v) is 11.1. The molecule has 0 amide bonds. The van der Waals surface area contributed by atoms with Crippen molar-refractivity contribution in [3.05, 3.63) is 35.9 Å². The van der Waals surface area contributed by atoms with E-state index in [1.807, 2.05) is 0 Å². The van der Waals surface area contributed by atoms with Crippen LogP contribution in [0.5, 0.6) is 0 Å². The molecule has 0 heterocycles. The van der Waals surface area contributed by atoms with Gasteiger partial charge in [0.25, 0.3) is 0 Å². The smallest absolute Gasteiger partial charge is 0.423 e. The van der Waals surface area contributed by atoms with Crippen molar-refractivity contribution < 1.29 is 40.6 Å². The molecule has 0 aliphatic carbocycles. The first kappa shape index (κ1) is 18.3. The Morgan fingerprint density at radius 3 is 2.00 bits per heavy atom. The maximum atomic E-state index is 12.1. The zero-order chi connectivity index (χ0) is 16.8. The molecule has 1 aromatic rings. The molecule has 9 heteroatoms. The molecule has 0 aliphatic rings. The number of hydrogen-bond acceptors (Lipinski definition) is 3. The van der Waals surface area contributed by atoms with E-state index in [1.165, 1.54) is 12.1 Å². The van der Waals surface area contributed by atoms with Crippen molar-refractivity contribution >= 4 is 5.97 Å². The molecule has 0 aromatic heterocycles. The van der Waals surface area contributed by atoms with E-state index in [0.29, 0.717) is 0 Å². The number of halogens is 6. The summed E-state index contributed by atoms with van der Waals surface area (Å²) in [6.07, 6.45) is -15.2. The third-order valence-electron chi connectivity index (χ3n) is 2.41. The van der Waals surface area contributed by atoms with Gasteiger partial charge in [0, 0.05) is 6.42 Å². The molecule has 0 spiro atoms. The Morgan fingerprint density at radius 1 is 0.955 bits per heavy atom. The predicted octanol–water partition coefficient (Wildman–Crippen LogP) is 3.74. The molecule has 0 aliphatic heterocycles. The van der Waals surface area contributed by atoms with Crippen molar-refractivity contribution in [1.29, 1.82) is 0 Å². The number of carbonyl (C=O) groups excluding carboxylic acids is 1. The topological polar surface area (TPSA) is 35.5 Å². The molecular formula is C13H12F6O3. The Kier molecular flexibility index (Phi) is 6.21. The van der Waals surface area contributed by atoms with Crippen LogP contribution in [-0.4, -0.2) is 37.6 Å². The molecule has 0 unspecified atom stereocenters. The van der Waals surface area contributed by atoms with Gasteiger partial charge in [0.15, 0.2) is 0 Å². The Bertz CT molecular complexity index is 455. The molecule has 1 rings (SSSR count). The molecule has 1 aromatic carbocycles. The van der Waals surface area contributed by atoms with E-state index in [9.17, 15) is 31.1 Å². The number of rotatable bonds is 6. The number of hydrogen-bond donors (Lipinski definition) is 0. The average Bonchev–Trinajstić information content (AvgIpc) is 2.40. The summed E-state index contributed by atoms with van der Waals surface area (Å²) in [5.41, 5.74) is 0.229.